The van der Waals surface area contributed by atoms with E-state index in [0.717, 1.165) is 13.0 Å². The van der Waals surface area contributed by atoms with Gasteiger partial charge in [0.2, 0.25) is 5.91 Å². The molecule has 0 spiro atoms. The van der Waals surface area contributed by atoms with Crippen LogP contribution >= 0.6 is 15.9 Å². The molecule has 3 nitrogen and oxygen atoms in total. The maximum absolute atomic E-state index is 11.4. The first kappa shape index (κ1) is 14.0. The predicted octanol–water partition coefficient (Wildman–Crippen LogP) is 2.48. The molecule has 1 fully saturated rings. The van der Waals surface area contributed by atoms with E-state index >= 15 is 0 Å². The quantitative estimate of drug-likeness (QED) is 0.603. The number of alkyl halides is 1. The van der Waals surface area contributed by atoms with E-state index in [2.05, 4.69) is 21.2 Å². The Kier molecular flexibility index (Phi) is 7.05. The number of rotatable bonds is 6. The zero-order chi connectivity index (χ0) is 11.8. The number of nitrogens with one attached hydrogen (secondary N) is 1. The Morgan fingerprint density at radius 1 is 1.44 bits per heavy atom. The molecule has 94 valence electrons. The standard InChI is InChI=1S/C12H22BrNO2/c1-2-7-16-9-12(15)14-8-10-5-3-4-6-11(10)13/h10-11H,2-9H2,1H3,(H,14,15). The Balaban J connectivity index is 2.10. The van der Waals surface area contributed by atoms with Crippen molar-refractivity contribution in [3.8, 4) is 0 Å². The van der Waals surface area contributed by atoms with Crippen LogP contribution in [0.1, 0.15) is 39.0 Å². The van der Waals surface area contributed by atoms with E-state index in [-0.39, 0.29) is 12.5 Å². The maximum atomic E-state index is 11.4. The second-order valence-electron chi connectivity index (χ2n) is 4.42. The van der Waals surface area contributed by atoms with Gasteiger partial charge in [-0.05, 0) is 25.2 Å². The minimum atomic E-state index is 0.0127. The summed E-state index contributed by atoms with van der Waals surface area (Å²) in [6.07, 6.45) is 5.99. The second-order valence-corrected chi connectivity index (χ2v) is 5.59. The number of ether oxygens (including phenoxy) is 1. The van der Waals surface area contributed by atoms with Crippen LogP contribution in [0.5, 0.6) is 0 Å². The molecule has 1 saturated carbocycles. The Morgan fingerprint density at radius 3 is 2.88 bits per heavy atom. The molecule has 0 aromatic rings. The molecule has 0 aromatic carbocycles. The summed E-state index contributed by atoms with van der Waals surface area (Å²) in [5.41, 5.74) is 0. The van der Waals surface area contributed by atoms with E-state index in [4.69, 9.17) is 4.74 Å². The molecule has 0 heterocycles. The smallest absolute Gasteiger partial charge is 0.246 e. The van der Waals surface area contributed by atoms with Crippen LogP contribution in [0, 0.1) is 5.92 Å². The number of carbonyl (C=O) groups is 1. The lowest BCUT2D eigenvalue weighted by atomic mass is 9.89. The van der Waals surface area contributed by atoms with Crippen molar-refractivity contribution in [2.45, 2.75) is 43.9 Å². The van der Waals surface area contributed by atoms with Crippen LogP contribution in [0.25, 0.3) is 0 Å². The van der Waals surface area contributed by atoms with E-state index in [1.54, 1.807) is 0 Å². The molecule has 0 bridgehead atoms. The molecule has 2 unspecified atom stereocenters. The van der Waals surface area contributed by atoms with Crippen molar-refractivity contribution in [2.75, 3.05) is 19.8 Å². The molecule has 4 heteroatoms. The van der Waals surface area contributed by atoms with E-state index in [9.17, 15) is 4.79 Å². The van der Waals surface area contributed by atoms with Gasteiger partial charge in [0.25, 0.3) is 0 Å². The molecular weight excluding hydrogens is 270 g/mol. The topological polar surface area (TPSA) is 38.3 Å². The van der Waals surface area contributed by atoms with E-state index in [1.165, 1.54) is 25.7 Å². The fourth-order valence-corrected chi connectivity index (χ4v) is 2.77. The van der Waals surface area contributed by atoms with Gasteiger partial charge in [0, 0.05) is 18.0 Å². The van der Waals surface area contributed by atoms with Crippen LogP contribution in [-0.2, 0) is 9.53 Å². The molecule has 1 rings (SSSR count). The lowest BCUT2D eigenvalue weighted by molar-refractivity contribution is -0.125. The third-order valence-corrected chi connectivity index (χ3v) is 4.16. The summed E-state index contributed by atoms with van der Waals surface area (Å²) in [7, 11) is 0. The van der Waals surface area contributed by atoms with Crippen LogP contribution in [0.4, 0.5) is 0 Å². The SMILES string of the molecule is CCCOCC(=O)NCC1CCCCC1Br. The van der Waals surface area contributed by atoms with Crippen LogP contribution in [0.2, 0.25) is 0 Å². The normalized spacial score (nSPS) is 25.4. The summed E-state index contributed by atoms with van der Waals surface area (Å²) >= 11 is 3.69. The first-order valence-electron chi connectivity index (χ1n) is 6.22. The highest BCUT2D eigenvalue weighted by molar-refractivity contribution is 9.09. The summed E-state index contributed by atoms with van der Waals surface area (Å²) in [5.74, 6) is 0.600. The van der Waals surface area contributed by atoms with Crippen molar-refractivity contribution in [1.82, 2.24) is 5.32 Å². The van der Waals surface area contributed by atoms with Crippen molar-refractivity contribution >= 4 is 21.8 Å². The summed E-state index contributed by atoms with van der Waals surface area (Å²) < 4.78 is 5.19. The minimum Gasteiger partial charge on any atom is -0.372 e. The highest BCUT2D eigenvalue weighted by atomic mass is 79.9. The molecular formula is C12H22BrNO2. The predicted molar refractivity (Wildman–Crippen MR) is 68.8 cm³/mol. The molecule has 0 aromatic heterocycles. The van der Waals surface area contributed by atoms with Crippen molar-refractivity contribution < 1.29 is 9.53 Å². The van der Waals surface area contributed by atoms with E-state index in [1.807, 2.05) is 6.92 Å². The van der Waals surface area contributed by atoms with Crippen molar-refractivity contribution in [3.63, 3.8) is 0 Å². The Bertz CT molecular complexity index is 211. The van der Waals surface area contributed by atoms with E-state index < -0.39 is 0 Å². The molecule has 0 aliphatic heterocycles. The highest BCUT2D eigenvalue weighted by Crippen LogP contribution is 2.29. The molecule has 0 radical (unpaired) electrons. The first-order valence-corrected chi connectivity index (χ1v) is 7.14. The number of hydrogen-bond donors (Lipinski definition) is 1. The zero-order valence-electron chi connectivity index (χ0n) is 10.0. The van der Waals surface area contributed by atoms with Crippen LogP contribution in [0.15, 0.2) is 0 Å². The van der Waals surface area contributed by atoms with Crippen molar-refractivity contribution in [3.05, 3.63) is 0 Å². The molecule has 0 saturated heterocycles. The molecule has 1 amide bonds. The van der Waals surface area contributed by atoms with Gasteiger partial charge in [-0.3, -0.25) is 4.79 Å². The van der Waals surface area contributed by atoms with Gasteiger partial charge in [-0.2, -0.15) is 0 Å². The van der Waals surface area contributed by atoms with Crippen molar-refractivity contribution in [2.24, 2.45) is 5.92 Å². The highest BCUT2D eigenvalue weighted by Gasteiger charge is 2.22. The van der Waals surface area contributed by atoms with Crippen LogP contribution < -0.4 is 5.32 Å². The fraction of sp³-hybridized carbons (Fsp3) is 0.917. The monoisotopic (exact) mass is 291 g/mol. The van der Waals surface area contributed by atoms with Gasteiger partial charge in [0.1, 0.15) is 6.61 Å². The number of amides is 1. The van der Waals surface area contributed by atoms with Gasteiger partial charge in [-0.1, -0.05) is 35.7 Å². The lowest BCUT2D eigenvalue weighted by Gasteiger charge is -2.27. The maximum Gasteiger partial charge on any atom is 0.246 e. The van der Waals surface area contributed by atoms with E-state index in [0.29, 0.717) is 17.4 Å². The van der Waals surface area contributed by atoms with Gasteiger partial charge < -0.3 is 10.1 Å². The largest absolute Gasteiger partial charge is 0.372 e. The van der Waals surface area contributed by atoms with Gasteiger partial charge in [-0.15, -0.1) is 0 Å². The van der Waals surface area contributed by atoms with Crippen LogP contribution in [0.3, 0.4) is 0 Å². The third-order valence-electron chi connectivity index (χ3n) is 2.96. The summed E-state index contributed by atoms with van der Waals surface area (Å²) in [4.78, 5) is 12.0. The molecule has 1 N–H and O–H groups in total. The average Bonchev–Trinajstić information content (AvgIpc) is 2.28. The van der Waals surface area contributed by atoms with Gasteiger partial charge in [0.15, 0.2) is 0 Å². The average molecular weight is 292 g/mol. The third kappa shape index (κ3) is 5.30. The summed E-state index contributed by atoms with van der Waals surface area (Å²) in [5, 5.41) is 2.95. The zero-order valence-corrected chi connectivity index (χ0v) is 11.6. The number of carbonyl (C=O) groups excluding carboxylic acids is 1. The van der Waals surface area contributed by atoms with Crippen molar-refractivity contribution in [1.29, 1.82) is 0 Å². The minimum absolute atomic E-state index is 0.0127. The summed E-state index contributed by atoms with van der Waals surface area (Å²) in [6, 6.07) is 0. The molecule has 2 atom stereocenters. The fourth-order valence-electron chi connectivity index (χ4n) is 2.00. The first-order chi connectivity index (χ1) is 7.74. The molecule has 1 aliphatic rings. The Morgan fingerprint density at radius 2 is 2.19 bits per heavy atom. The Hall–Kier alpha value is -0.0900. The van der Waals surface area contributed by atoms with Crippen LogP contribution in [-0.4, -0.2) is 30.5 Å². The van der Waals surface area contributed by atoms with Gasteiger partial charge in [0.05, 0.1) is 0 Å². The summed E-state index contributed by atoms with van der Waals surface area (Å²) in [6.45, 7) is 3.69. The Labute approximate surface area is 106 Å². The van der Waals surface area contributed by atoms with Gasteiger partial charge in [-0.25, -0.2) is 0 Å². The molecule has 16 heavy (non-hydrogen) atoms. The van der Waals surface area contributed by atoms with Gasteiger partial charge >= 0.3 is 0 Å². The number of hydrogen-bond acceptors (Lipinski definition) is 2. The molecule has 1 aliphatic carbocycles. The second kappa shape index (κ2) is 8.07. The lowest BCUT2D eigenvalue weighted by Crippen LogP contribution is -2.36. The number of halogens is 1.